The zero-order valence-electron chi connectivity index (χ0n) is 9.35. The van der Waals surface area contributed by atoms with Gasteiger partial charge in [0.2, 0.25) is 0 Å². The smallest absolute Gasteiger partial charge is 0.422 e. The Bertz CT molecular complexity index is 333. The van der Waals surface area contributed by atoms with Gasteiger partial charge in [-0.1, -0.05) is 11.1 Å². The van der Waals surface area contributed by atoms with Crippen molar-refractivity contribution in [3.05, 3.63) is 11.1 Å². The molecule has 6 heteroatoms. The highest BCUT2D eigenvalue weighted by atomic mass is 19.4. The molecule has 2 fully saturated rings. The molecule has 1 heterocycles. The van der Waals surface area contributed by atoms with Gasteiger partial charge in [0.1, 0.15) is 0 Å². The Kier molecular flexibility index (Phi) is 3.31. The Morgan fingerprint density at radius 3 is 2.12 bits per heavy atom. The first kappa shape index (κ1) is 12.3. The Hall–Kier alpha value is -1.20. The fourth-order valence-electron chi connectivity index (χ4n) is 1.96. The maximum Gasteiger partial charge on any atom is 0.422 e. The lowest BCUT2D eigenvalue weighted by Crippen LogP contribution is -2.38. The van der Waals surface area contributed by atoms with Crippen LogP contribution in [-0.4, -0.2) is 36.9 Å². The molecule has 0 N–H and O–H groups in total. The van der Waals surface area contributed by atoms with E-state index in [0.29, 0.717) is 13.1 Å². The molecule has 0 radical (unpaired) electrons. The highest BCUT2D eigenvalue weighted by Crippen LogP contribution is 2.36. The van der Waals surface area contributed by atoms with Gasteiger partial charge in [-0.15, -0.1) is 0 Å². The minimum atomic E-state index is -4.45. The molecule has 1 saturated heterocycles. The van der Waals surface area contributed by atoms with Gasteiger partial charge in [-0.3, -0.25) is 0 Å². The number of ether oxygens (including phenoxy) is 1. The molecule has 0 aromatic rings. The van der Waals surface area contributed by atoms with E-state index in [1.165, 1.54) is 16.0 Å². The maximum atomic E-state index is 11.9. The number of amides is 1. The third-order valence-electron chi connectivity index (χ3n) is 2.98. The number of nitrogens with zero attached hydrogens (tertiary/aromatic N) is 1. The maximum absolute atomic E-state index is 11.9. The van der Waals surface area contributed by atoms with Crippen LogP contribution in [0.5, 0.6) is 0 Å². The lowest BCUT2D eigenvalue weighted by Gasteiger charge is -2.27. The third kappa shape index (κ3) is 3.64. The Balaban J connectivity index is 1.76. The number of hydrogen-bond acceptors (Lipinski definition) is 2. The summed E-state index contributed by atoms with van der Waals surface area (Å²) >= 11 is 0. The van der Waals surface area contributed by atoms with Crippen LogP contribution in [0.4, 0.5) is 18.0 Å². The first-order valence-corrected chi connectivity index (χ1v) is 5.64. The number of carbonyl (C=O) groups is 1. The quantitative estimate of drug-likeness (QED) is 0.669. The van der Waals surface area contributed by atoms with E-state index in [1.807, 2.05) is 0 Å². The van der Waals surface area contributed by atoms with Gasteiger partial charge >= 0.3 is 12.3 Å². The number of piperidine rings is 1. The van der Waals surface area contributed by atoms with Gasteiger partial charge in [0, 0.05) is 13.1 Å². The molecule has 2 aliphatic rings. The van der Waals surface area contributed by atoms with Crippen molar-refractivity contribution in [2.45, 2.75) is 31.9 Å². The SMILES string of the molecule is O=C(OCC(F)(F)F)N1CCC(=C2CC2)CC1. The van der Waals surface area contributed by atoms with Crippen LogP contribution >= 0.6 is 0 Å². The van der Waals surface area contributed by atoms with Gasteiger partial charge in [0.25, 0.3) is 0 Å². The van der Waals surface area contributed by atoms with Crippen molar-refractivity contribution in [3.8, 4) is 0 Å². The number of allylic oxidation sites excluding steroid dienone is 1. The second-order valence-electron chi connectivity index (χ2n) is 4.36. The zero-order chi connectivity index (χ0) is 12.5. The van der Waals surface area contributed by atoms with E-state index in [1.54, 1.807) is 0 Å². The predicted molar refractivity (Wildman–Crippen MR) is 54.5 cm³/mol. The number of carbonyl (C=O) groups excluding carboxylic acids is 1. The highest BCUT2D eigenvalue weighted by molar-refractivity contribution is 5.68. The predicted octanol–water partition coefficient (Wildman–Crippen LogP) is 2.87. The molecular formula is C11H14F3NO2. The summed E-state index contributed by atoms with van der Waals surface area (Å²) in [7, 11) is 0. The summed E-state index contributed by atoms with van der Waals surface area (Å²) in [5.74, 6) is 0. The van der Waals surface area contributed by atoms with Crippen LogP contribution in [0.15, 0.2) is 11.1 Å². The first-order chi connectivity index (χ1) is 7.96. The third-order valence-corrected chi connectivity index (χ3v) is 2.98. The number of halogens is 3. The second-order valence-corrected chi connectivity index (χ2v) is 4.36. The monoisotopic (exact) mass is 249 g/mol. The minimum Gasteiger partial charge on any atom is -0.440 e. The van der Waals surface area contributed by atoms with Crippen LogP contribution in [0.1, 0.15) is 25.7 Å². The van der Waals surface area contributed by atoms with E-state index < -0.39 is 18.9 Å². The number of alkyl halides is 3. The van der Waals surface area contributed by atoms with E-state index >= 15 is 0 Å². The molecule has 3 nitrogen and oxygen atoms in total. The van der Waals surface area contributed by atoms with Crippen LogP contribution in [0.25, 0.3) is 0 Å². The van der Waals surface area contributed by atoms with Crippen LogP contribution in [-0.2, 0) is 4.74 Å². The van der Waals surface area contributed by atoms with Crippen LogP contribution in [0.2, 0.25) is 0 Å². The van der Waals surface area contributed by atoms with Gasteiger partial charge in [-0.05, 0) is 25.7 Å². The topological polar surface area (TPSA) is 29.5 Å². The summed E-state index contributed by atoms with van der Waals surface area (Å²) in [6.07, 6.45) is -1.47. The van der Waals surface area contributed by atoms with E-state index in [-0.39, 0.29) is 0 Å². The summed E-state index contributed by atoms with van der Waals surface area (Å²) in [5, 5.41) is 0. The van der Waals surface area contributed by atoms with Crippen molar-refractivity contribution >= 4 is 6.09 Å². The zero-order valence-corrected chi connectivity index (χ0v) is 9.35. The molecule has 1 saturated carbocycles. The highest BCUT2D eigenvalue weighted by Gasteiger charge is 2.31. The van der Waals surface area contributed by atoms with Gasteiger partial charge in [-0.2, -0.15) is 13.2 Å². The molecule has 0 bridgehead atoms. The van der Waals surface area contributed by atoms with Crippen molar-refractivity contribution in [1.29, 1.82) is 0 Å². The normalized spacial score (nSPS) is 20.5. The van der Waals surface area contributed by atoms with Crippen LogP contribution < -0.4 is 0 Å². The van der Waals surface area contributed by atoms with Crippen molar-refractivity contribution in [2.75, 3.05) is 19.7 Å². The molecule has 0 aromatic carbocycles. The summed E-state index contributed by atoms with van der Waals surface area (Å²) in [6, 6.07) is 0. The minimum absolute atomic E-state index is 0.468. The average Bonchev–Trinajstić information content (AvgIpc) is 3.09. The molecular weight excluding hydrogens is 235 g/mol. The Labute approximate surface area is 97.2 Å². The largest absolute Gasteiger partial charge is 0.440 e. The molecule has 0 unspecified atom stereocenters. The number of likely N-dealkylation sites (tertiary alicyclic amines) is 1. The molecule has 0 atom stereocenters. The summed E-state index contributed by atoms with van der Waals surface area (Å²) < 4.78 is 39.8. The molecule has 2 rings (SSSR count). The van der Waals surface area contributed by atoms with E-state index in [2.05, 4.69) is 4.74 Å². The fraction of sp³-hybridized carbons (Fsp3) is 0.727. The van der Waals surface area contributed by atoms with Crippen LogP contribution in [0.3, 0.4) is 0 Å². The molecule has 0 spiro atoms. The molecule has 1 aliphatic heterocycles. The van der Waals surface area contributed by atoms with Crippen molar-refractivity contribution in [2.24, 2.45) is 0 Å². The molecule has 1 amide bonds. The molecule has 0 aromatic heterocycles. The van der Waals surface area contributed by atoms with Gasteiger partial charge < -0.3 is 9.64 Å². The van der Waals surface area contributed by atoms with E-state index in [4.69, 9.17) is 0 Å². The van der Waals surface area contributed by atoms with E-state index in [0.717, 1.165) is 25.7 Å². The van der Waals surface area contributed by atoms with Gasteiger partial charge in [-0.25, -0.2) is 4.79 Å². The van der Waals surface area contributed by atoms with Crippen LogP contribution in [0, 0.1) is 0 Å². The average molecular weight is 249 g/mol. The number of hydrogen-bond donors (Lipinski definition) is 0. The Morgan fingerprint density at radius 2 is 1.65 bits per heavy atom. The molecule has 17 heavy (non-hydrogen) atoms. The lowest BCUT2D eigenvalue weighted by atomic mass is 10.0. The molecule has 96 valence electrons. The van der Waals surface area contributed by atoms with Crippen molar-refractivity contribution in [3.63, 3.8) is 0 Å². The number of rotatable bonds is 1. The van der Waals surface area contributed by atoms with Gasteiger partial charge in [0.05, 0.1) is 0 Å². The standard InChI is InChI=1S/C11H14F3NO2/c12-11(13,14)7-17-10(16)15-5-3-9(4-6-15)8-1-2-8/h1-7H2. The van der Waals surface area contributed by atoms with Crippen molar-refractivity contribution in [1.82, 2.24) is 4.90 Å². The van der Waals surface area contributed by atoms with Gasteiger partial charge in [0.15, 0.2) is 6.61 Å². The Morgan fingerprint density at radius 1 is 1.12 bits per heavy atom. The van der Waals surface area contributed by atoms with E-state index in [9.17, 15) is 18.0 Å². The second kappa shape index (κ2) is 4.58. The summed E-state index contributed by atoms with van der Waals surface area (Å²) in [5.41, 5.74) is 2.85. The summed E-state index contributed by atoms with van der Waals surface area (Å²) in [6.45, 7) is -0.568. The lowest BCUT2D eigenvalue weighted by molar-refractivity contribution is -0.162. The van der Waals surface area contributed by atoms with Crippen molar-refractivity contribution < 1.29 is 22.7 Å². The molecule has 1 aliphatic carbocycles. The first-order valence-electron chi connectivity index (χ1n) is 5.64. The summed E-state index contributed by atoms with van der Waals surface area (Å²) in [4.78, 5) is 12.7. The fourth-order valence-corrected chi connectivity index (χ4v) is 1.96.